The quantitative estimate of drug-likeness (QED) is 0.777. The first-order chi connectivity index (χ1) is 13.7. The Balaban J connectivity index is 1.35. The monoisotopic (exact) mass is 383 g/mol. The third-order valence-corrected chi connectivity index (χ3v) is 5.81. The zero-order chi connectivity index (χ0) is 19.3. The Morgan fingerprint density at radius 3 is 2.68 bits per heavy atom. The molecule has 6 heteroatoms. The van der Waals surface area contributed by atoms with E-state index in [-0.39, 0.29) is 12.1 Å². The Kier molecular flexibility index (Phi) is 5.86. The van der Waals surface area contributed by atoms with Crippen molar-refractivity contribution in [3.8, 4) is 5.75 Å². The Labute approximate surface area is 166 Å². The predicted molar refractivity (Wildman–Crippen MR) is 108 cm³/mol. The molecular weight excluding hydrogens is 354 g/mol. The Bertz CT molecular complexity index is 763. The number of rotatable bonds is 6. The van der Waals surface area contributed by atoms with Gasteiger partial charge in [0, 0.05) is 18.1 Å². The Hall–Kier alpha value is -2.47. The van der Waals surface area contributed by atoms with Gasteiger partial charge in [-0.1, -0.05) is 18.6 Å². The number of fused-ring (bicyclic) bond motifs is 2. The normalized spacial score (nSPS) is 24.5. The van der Waals surface area contributed by atoms with Crippen LogP contribution in [0.4, 0.5) is 10.5 Å². The molecule has 4 rings (SSSR count). The van der Waals surface area contributed by atoms with Gasteiger partial charge in [0.2, 0.25) is 0 Å². The third-order valence-electron chi connectivity index (χ3n) is 5.81. The number of nitrogens with zero attached hydrogens (tertiary/aromatic N) is 1. The van der Waals surface area contributed by atoms with Crippen molar-refractivity contribution in [2.24, 2.45) is 0 Å². The van der Waals surface area contributed by atoms with Crippen molar-refractivity contribution in [3.05, 3.63) is 48.4 Å². The Morgan fingerprint density at radius 2 is 1.96 bits per heavy atom. The maximum absolute atomic E-state index is 12.6. The van der Waals surface area contributed by atoms with Crippen LogP contribution in [0.1, 0.15) is 44.8 Å². The van der Waals surface area contributed by atoms with Gasteiger partial charge in [-0.3, -0.25) is 4.90 Å². The summed E-state index contributed by atoms with van der Waals surface area (Å²) in [5.41, 5.74) is 0.706. The first-order valence-corrected chi connectivity index (χ1v) is 10.3. The number of para-hydroxylation sites is 2. The molecule has 2 amide bonds. The first-order valence-electron chi connectivity index (χ1n) is 10.3. The van der Waals surface area contributed by atoms with E-state index in [2.05, 4.69) is 15.5 Å². The molecular formula is C22H29N3O3. The summed E-state index contributed by atoms with van der Waals surface area (Å²) < 4.78 is 11.2. The molecule has 28 heavy (non-hydrogen) atoms. The van der Waals surface area contributed by atoms with Gasteiger partial charge in [0.1, 0.15) is 11.5 Å². The van der Waals surface area contributed by atoms with Crippen molar-refractivity contribution in [2.75, 3.05) is 11.9 Å². The molecule has 0 aliphatic carbocycles. The van der Waals surface area contributed by atoms with Crippen molar-refractivity contribution < 1.29 is 13.9 Å². The molecule has 0 radical (unpaired) electrons. The molecule has 2 aliphatic heterocycles. The molecule has 3 heterocycles. The zero-order valence-electron chi connectivity index (χ0n) is 16.4. The van der Waals surface area contributed by atoms with Crippen LogP contribution in [0.15, 0.2) is 47.1 Å². The van der Waals surface area contributed by atoms with Crippen molar-refractivity contribution in [1.29, 1.82) is 0 Å². The molecule has 2 atom stereocenters. The first kappa shape index (κ1) is 18.9. The van der Waals surface area contributed by atoms with Gasteiger partial charge >= 0.3 is 6.03 Å². The average Bonchev–Trinajstić information content (AvgIpc) is 3.17. The second-order valence-electron chi connectivity index (χ2n) is 7.69. The highest BCUT2D eigenvalue weighted by Gasteiger charge is 2.38. The number of carbonyl (C=O) groups is 1. The van der Waals surface area contributed by atoms with Crippen LogP contribution in [-0.2, 0) is 6.54 Å². The molecule has 1 aromatic carbocycles. The van der Waals surface area contributed by atoms with E-state index in [4.69, 9.17) is 9.15 Å². The summed E-state index contributed by atoms with van der Waals surface area (Å²) in [5, 5.41) is 6.14. The van der Waals surface area contributed by atoms with Crippen LogP contribution in [0.2, 0.25) is 0 Å². The minimum atomic E-state index is -0.158. The third kappa shape index (κ3) is 4.33. The highest BCUT2D eigenvalue weighted by atomic mass is 16.5. The van der Waals surface area contributed by atoms with E-state index in [0.29, 0.717) is 30.1 Å². The summed E-state index contributed by atoms with van der Waals surface area (Å²) in [4.78, 5) is 15.2. The molecule has 2 saturated heterocycles. The largest absolute Gasteiger partial charge is 0.492 e. The lowest BCUT2D eigenvalue weighted by Crippen LogP contribution is -2.56. The lowest BCUT2D eigenvalue weighted by molar-refractivity contribution is 0.0150. The molecule has 150 valence electrons. The van der Waals surface area contributed by atoms with Crippen molar-refractivity contribution in [1.82, 2.24) is 10.2 Å². The molecule has 2 N–H and O–H groups in total. The number of amides is 2. The summed E-state index contributed by atoms with van der Waals surface area (Å²) in [7, 11) is 0. The number of urea groups is 1. The van der Waals surface area contributed by atoms with Crippen LogP contribution >= 0.6 is 0 Å². The summed E-state index contributed by atoms with van der Waals surface area (Å²) in [6.45, 7) is 3.37. The number of hydrogen-bond donors (Lipinski definition) is 2. The fourth-order valence-corrected chi connectivity index (χ4v) is 4.63. The standard InChI is InChI=1S/C22H29N3O3/c1-2-27-21-11-4-3-10-20(21)24-22(26)23-16-13-17-7-5-8-18(14-16)25(17)15-19-9-6-12-28-19/h3-4,6,9-12,16-18H,2,5,7-8,13-15H2,1H3,(H2,23,24,26). The van der Waals surface area contributed by atoms with E-state index in [1.54, 1.807) is 6.26 Å². The second-order valence-corrected chi connectivity index (χ2v) is 7.69. The molecule has 2 fully saturated rings. The summed E-state index contributed by atoms with van der Waals surface area (Å²) >= 11 is 0. The number of hydrogen-bond acceptors (Lipinski definition) is 4. The fraction of sp³-hybridized carbons (Fsp3) is 0.500. The lowest BCUT2D eigenvalue weighted by Gasteiger charge is -2.48. The van der Waals surface area contributed by atoms with Crippen LogP contribution in [0.3, 0.4) is 0 Å². The van der Waals surface area contributed by atoms with E-state index in [0.717, 1.165) is 25.1 Å². The van der Waals surface area contributed by atoms with E-state index in [9.17, 15) is 4.79 Å². The maximum Gasteiger partial charge on any atom is 0.319 e. The number of nitrogens with one attached hydrogen (secondary N) is 2. The molecule has 1 aromatic heterocycles. The number of benzene rings is 1. The number of piperidine rings is 2. The van der Waals surface area contributed by atoms with Gasteiger partial charge in [0.05, 0.1) is 25.1 Å². The van der Waals surface area contributed by atoms with Gasteiger partial charge < -0.3 is 19.8 Å². The van der Waals surface area contributed by atoms with Crippen LogP contribution in [-0.4, -0.2) is 35.7 Å². The van der Waals surface area contributed by atoms with E-state index >= 15 is 0 Å². The van der Waals surface area contributed by atoms with Crippen LogP contribution in [0, 0.1) is 0 Å². The van der Waals surface area contributed by atoms with Gasteiger partial charge in [-0.25, -0.2) is 4.79 Å². The van der Waals surface area contributed by atoms with Gasteiger partial charge in [-0.15, -0.1) is 0 Å². The zero-order valence-corrected chi connectivity index (χ0v) is 16.4. The van der Waals surface area contributed by atoms with E-state index in [1.165, 1.54) is 19.3 Å². The lowest BCUT2D eigenvalue weighted by atomic mass is 9.81. The second kappa shape index (κ2) is 8.69. The van der Waals surface area contributed by atoms with Gasteiger partial charge in [-0.05, 0) is 56.9 Å². The molecule has 0 spiro atoms. The molecule has 2 aromatic rings. The van der Waals surface area contributed by atoms with Gasteiger partial charge in [-0.2, -0.15) is 0 Å². The minimum absolute atomic E-state index is 0.158. The number of ether oxygens (including phenoxy) is 1. The summed E-state index contributed by atoms with van der Waals surface area (Å²) in [6.07, 6.45) is 7.35. The maximum atomic E-state index is 12.6. The molecule has 0 saturated carbocycles. The SMILES string of the molecule is CCOc1ccccc1NC(=O)NC1CC2CCCC(C1)N2Cc1ccco1. The smallest absolute Gasteiger partial charge is 0.319 e. The number of anilines is 1. The van der Waals surface area contributed by atoms with Gasteiger partial charge in [0.25, 0.3) is 0 Å². The average molecular weight is 383 g/mol. The number of furan rings is 1. The molecule has 6 nitrogen and oxygen atoms in total. The van der Waals surface area contributed by atoms with Crippen molar-refractivity contribution >= 4 is 11.7 Å². The molecule has 2 unspecified atom stereocenters. The fourth-order valence-electron chi connectivity index (χ4n) is 4.63. The van der Waals surface area contributed by atoms with E-state index in [1.807, 2.05) is 43.3 Å². The summed E-state index contributed by atoms with van der Waals surface area (Å²) in [6, 6.07) is 12.6. The van der Waals surface area contributed by atoms with Crippen LogP contribution < -0.4 is 15.4 Å². The van der Waals surface area contributed by atoms with Crippen LogP contribution in [0.5, 0.6) is 5.75 Å². The summed E-state index contributed by atoms with van der Waals surface area (Å²) in [5.74, 6) is 1.72. The van der Waals surface area contributed by atoms with Crippen molar-refractivity contribution in [2.45, 2.75) is 63.7 Å². The topological polar surface area (TPSA) is 66.7 Å². The highest BCUT2D eigenvalue weighted by molar-refractivity contribution is 5.91. The minimum Gasteiger partial charge on any atom is -0.492 e. The Morgan fingerprint density at radius 1 is 1.18 bits per heavy atom. The van der Waals surface area contributed by atoms with Crippen molar-refractivity contribution in [3.63, 3.8) is 0 Å². The molecule has 2 aliphatic rings. The predicted octanol–water partition coefficient (Wildman–Crippen LogP) is 4.39. The van der Waals surface area contributed by atoms with Gasteiger partial charge in [0.15, 0.2) is 0 Å². The highest BCUT2D eigenvalue weighted by Crippen LogP contribution is 2.35. The van der Waals surface area contributed by atoms with Crippen LogP contribution in [0.25, 0.3) is 0 Å². The number of carbonyl (C=O) groups excluding carboxylic acids is 1. The van der Waals surface area contributed by atoms with E-state index < -0.39 is 0 Å². The molecule has 2 bridgehead atoms.